The van der Waals surface area contributed by atoms with Crippen molar-refractivity contribution in [3.05, 3.63) is 30.3 Å². The highest BCUT2D eigenvalue weighted by molar-refractivity contribution is 6.31. The Balaban J connectivity index is 2.03. The molecule has 8 heteroatoms. The molecule has 1 saturated heterocycles. The summed E-state index contributed by atoms with van der Waals surface area (Å²) in [5.74, 6) is 0.147. The Bertz CT molecular complexity index is 606. The summed E-state index contributed by atoms with van der Waals surface area (Å²) in [6, 6.07) is 11.1. The van der Waals surface area contributed by atoms with Gasteiger partial charge in [-0.3, -0.25) is 4.79 Å². The predicted molar refractivity (Wildman–Crippen MR) is 114 cm³/mol. The van der Waals surface area contributed by atoms with E-state index in [4.69, 9.17) is 4.74 Å². The van der Waals surface area contributed by atoms with Gasteiger partial charge in [0.2, 0.25) is 15.6 Å². The van der Waals surface area contributed by atoms with Crippen LogP contribution in [0, 0.1) is 0 Å². The lowest BCUT2D eigenvalue weighted by molar-refractivity contribution is -0.120. The standard InChI is InChI=1S/C20H33N5O2Si/c1-4-19(26)25(18-9-7-6-8-10-18)20(17-27-3)11-14-24(15-12-20)16-13-21-22-23-28-5-2/h6-10H,4-5,11-17H2,1-3H3,(H,21,23). The first-order valence-electron chi connectivity index (χ1n) is 10.1. The normalized spacial score (nSPS) is 17.0. The van der Waals surface area contributed by atoms with Crippen molar-refractivity contribution in [2.24, 2.45) is 10.3 Å². The van der Waals surface area contributed by atoms with Crippen LogP contribution in [0.25, 0.3) is 0 Å². The van der Waals surface area contributed by atoms with Crippen molar-refractivity contribution in [3.63, 3.8) is 0 Å². The summed E-state index contributed by atoms with van der Waals surface area (Å²) in [5, 5.41) is 11.1. The van der Waals surface area contributed by atoms with Crippen LogP contribution in [0.4, 0.5) is 5.69 Å². The molecule has 1 amide bonds. The molecule has 154 valence electrons. The highest BCUT2D eigenvalue weighted by Gasteiger charge is 2.42. The molecule has 2 rings (SSSR count). The monoisotopic (exact) mass is 403 g/mol. The second-order valence-electron chi connectivity index (χ2n) is 7.02. The number of carbonyl (C=O) groups is 1. The first kappa shape index (κ1) is 22.5. The third kappa shape index (κ3) is 6.12. The molecule has 28 heavy (non-hydrogen) atoms. The number of para-hydroxylation sites is 1. The van der Waals surface area contributed by atoms with Crippen molar-refractivity contribution < 1.29 is 9.53 Å². The maximum Gasteiger partial charge on any atom is 0.227 e. The van der Waals surface area contributed by atoms with Gasteiger partial charge in [-0.05, 0) is 31.0 Å². The van der Waals surface area contributed by atoms with Gasteiger partial charge in [0.15, 0.2) is 0 Å². The van der Waals surface area contributed by atoms with E-state index in [-0.39, 0.29) is 11.4 Å². The Morgan fingerprint density at radius 2 is 2.00 bits per heavy atom. The van der Waals surface area contributed by atoms with Gasteiger partial charge in [0.05, 0.1) is 18.7 Å². The van der Waals surface area contributed by atoms with Crippen LogP contribution in [0.15, 0.2) is 40.7 Å². The number of piperidine rings is 1. The van der Waals surface area contributed by atoms with E-state index < -0.39 is 0 Å². The fraction of sp³-hybridized carbons (Fsp3) is 0.650. The fourth-order valence-corrected chi connectivity index (χ4v) is 4.00. The van der Waals surface area contributed by atoms with Gasteiger partial charge < -0.3 is 19.6 Å². The summed E-state index contributed by atoms with van der Waals surface area (Å²) in [5.41, 5.74) is 0.654. The molecule has 7 nitrogen and oxygen atoms in total. The predicted octanol–water partition coefficient (Wildman–Crippen LogP) is 2.92. The molecule has 0 aromatic heterocycles. The van der Waals surface area contributed by atoms with E-state index in [0.717, 1.165) is 44.2 Å². The molecular weight excluding hydrogens is 370 g/mol. The molecule has 0 spiro atoms. The minimum Gasteiger partial charge on any atom is -0.382 e. The minimum absolute atomic E-state index is 0.147. The number of anilines is 1. The lowest BCUT2D eigenvalue weighted by Crippen LogP contribution is -2.60. The van der Waals surface area contributed by atoms with E-state index in [1.807, 2.05) is 42.2 Å². The van der Waals surface area contributed by atoms with Gasteiger partial charge in [-0.2, -0.15) is 5.11 Å². The van der Waals surface area contributed by atoms with E-state index >= 15 is 0 Å². The van der Waals surface area contributed by atoms with Gasteiger partial charge in [-0.1, -0.05) is 37.3 Å². The number of hydrogen-bond donors (Lipinski definition) is 1. The lowest BCUT2D eigenvalue weighted by atomic mass is 9.85. The fourth-order valence-electron chi connectivity index (χ4n) is 3.70. The van der Waals surface area contributed by atoms with Crippen LogP contribution in [0.2, 0.25) is 6.04 Å². The first-order chi connectivity index (χ1) is 13.7. The topological polar surface area (TPSA) is 69.5 Å². The Kier molecular flexibility index (Phi) is 9.59. The van der Waals surface area contributed by atoms with Crippen molar-refractivity contribution in [1.82, 2.24) is 9.99 Å². The molecular formula is C20H33N5O2Si. The molecule has 1 aromatic carbocycles. The number of amides is 1. The van der Waals surface area contributed by atoms with Crippen LogP contribution < -0.4 is 9.99 Å². The summed E-state index contributed by atoms with van der Waals surface area (Å²) in [4.78, 5) is 17.3. The third-order valence-electron chi connectivity index (χ3n) is 5.13. The maximum absolute atomic E-state index is 12.9. The van der Waals surface area contributed by atoms with Crippen LogP contribution in [0.3, 0.4) is 0 Å². The zero-order valence-corrected chi connectivity index (χ0v) is 18.4. The number of ether oxygens (including phenoxy) is 1. The number of rotatable bonds is 11. The molecule has 0 saturated carbocycles. The SMILES string of the molecule is CC[Si]NN=NCCN1CCC(COC)(N(C(=O)CC)c2ccccc2)CC1. The molecule has 1 heterocycles. The van der Waals surface area contributed by atoms with Crippen molar-refractivity contribution >= 4 is 21.3 Å². The zero-order valence-electron chi connectivity index (χ0n) is 17.4. The van der Waals surface area contributed by atoms with E-state index in [0.29, 0.717) is 29.3 Å². The molecule has 0 atom stereocenters. The number of likely N-dealkylation sites (tertiary alicyclic amines) is 1. The second kappa shape index (κ2) is 11.9. The van der Waals surface area contributed by atoms with E-state index in [2.05, 4.69) is 27.3 Å². The summed E-state index contributed by atoms with van der Waals surface area (Å²) < 4.78 is 5.60. The molecule has 1 aromatic rings. The van der Waals surface area contributed by atoms with Crippen LogP contribution in [0.5, 0.6) is 0 Å². The van der Waals surface area contributed by atoms with Crippen molar-refractivity contribution in [1.29, 1.82) is 0 Å². The van der Waals surface area contributed by atoms with Crippen LogP contribution in [-0.2, 0) is 9.53 Å². The zero-order chi connectivity index (χ0) is 20.2. The Hall–Kier alpha value is -1.77. The van der Waals surface area contributed by atoms with E-state index in [9.17, 15) is 4.79 Å². The van der Waals surface area contributed by atoms with Crippen LogP contribution in [-0.4, -0.2) is 65.9 Å². The third-order valence-corrected chi connectivity index (χ3v) is 5.74. The number of methoxy groups -OCH3 is 1. The van der Waals surface area contributed by atoms with E-state index in [1.165, 1.54) is 0 Å². The molecule has 2 radical (unpaired) electrons. The smallest absolute Gasteiger partial charge is 0.227 e. The van der Waals surface area contributed by atoms with Gasteiger partial charge >= 0.3 is 0 Å². The van der Waals surface area contributed by atoms with Gasteiger partial charge in [-0.15, -0.1) is 0 Å². The molecule has 1 aliphatic rings. The highest BCUT2D eigenvalue weighted by atomic mass is 28.2. The summed E-state index contributed by atoms with van der Waals surface area (Å²) in [7, 11) is 2.35. The Labute approximate surface area is 171 Å². The van der Waals surface area contributed by atoms with Crippen LogP contribution in [0.1, 0.15) is 33.1 Å². The molecule has 1 fully saturated rings. The lowest BCUT2D eigenvalue weighted by Gasteiger charge is -2.48. The number of benzene rings is 1. The quantitative estimate of drug-likeness (QED) is 0.267. The summed E-state index contributed by atoms with van der Waals surface area (Å²) >= 11 is 0. The second-order valence-corrected chi connectivity index (χ2v) is 8.31. The molecule has 0 bridgehead atoms. The van der Waals surface area contributed by atoms with Crippen molar-refractivity contribution in [2.75, 3.05) is 44.8 Å². The van der Waals surface area contributed by atoms with Gasteiger partial charge in [0.25, 0.3) is 0 Å². The van der Waals surface area contributed by atoms with E-state index in [1.54, 1.807) is 7.11 Å². The maximum atomic E-state index is 12.9. The van der Waals surface area contributed by atoms with Crippen molar-refractivity contribution in [3.8, 4) is 0 Å². The molecule has 1 aliphatic heterocycles. The number of hydrogen-bond acceptors (Lipinski definition) is 5. The minimum atomic E-state index is -0.301. The molecule has 0 aliphatic carbocycles. The highest BCUT2D eigenvalue weighted by Crippen LogP contribution is 2.34. The number of carbonyl (C=O) groups excluding carboxylic acids is 1. The van der Waals surface area contributed by atoms with Gasteiger partial charge in [-0.25, -0.2) is 0 Å². The Morgan fingerprint density at radius 3 is 2.61 bits per heavy atom. The molecule has 1 N–H and O–H groups in total. The summed E-state index contributed by atoms with van der Waals surface area (Å²) in [6.07, 6.45) is 2.25. The van der Waals surface area contributed by atoms with Crippen LogP contribution >= 0.6 is 0 Å². The number of nitrogens with one attached hydrogen (secondary N) is 1. The summed E-state index contributed by atoms with van der Waals surface area (Å²) in [6.45, 7) is 8.00. The first-order valence-corrected chi connectivity index (χ1v) is 11.3. The largest absolute Gasteiger partial charge is 0.382 e. The Morgan fingerprint density at radius 1 is 1.29 bits per heavy atom. The van der Waals surface area contributed by atoms with Crippen molar-refractivity contribution in [2.45, 2.75) is 44.7 Å². The van der Waals surface area contributed by atoms with Gasteiger partial charge in [0.1, 0.15) is 0 Å². The average Bonchev–Trinajstić information content (AvgIpc) is 2.73. The average molecular weight is 404 g/mol. The van der Waals surface area contributed by atoms with Gasteiger partial charge in [0, 0.05) is 38.9 Å². The molecule has 0 unspecified atom stereocenters. The number of nitrogens with zero attached hydrogens (tertiary/aromatic N) is 4.